The topological polar surface area (TPSA) is 106 Å². The molecule has 1 aliphatic heterocycles. The van der Waals surface area contributed by atoms with Crippen LogP contribution in [0.3, 0.4) is 0 Å². The van der Waals surface area contributed by atoms with Crippen LogP contribution in [-0.4, -0.2) is 49.0 Å². The predicted molar refractivity (Wildman–Crippen MR) is 161 cm³/mol. The van der Waals surface area contributed by atoms with Gasteiger partial charge in [0.2, 0.25) is 5.82 Å². The highest BCUT2D eigenvalue weighted by Gasteiger charge is 2.20. The molecule has 0 saturated carbocycles. The van der Waals surface area contributed by atoms with Crippen LogP contribution in [0, 0.1) is 11.3 Å². The summed E-state index contributed by atoms with van der Waals surface area (Å²) in [5.41, 5.74) is 8.70. The van der Waals surface area contributed by atoms with Gasteiger partial charge in [-0.05, 0) is 53.8 Å². The molecule has 8 heteroatoms. The average Bonchev–Trinajstić information content (AvgIpc) is 3.48. The number of piperidine rings is 1. The molecule has 200 valence electrons. The van der Waals surface area contributed by atoms with Crippen molar-refractivity contribution >= 4 is 27.8 Å². The number of imidazole rings is 1. The summed E-state index contributed by atoms with van der Waals surface area (Å²) in [5, 5.41) is 13.6. The van der Waals surface area contributed by atoms with Crippen LogP contribution in [-0.2, 0) is 6.54 Å². The second kappa shape index (κ2) is 10.8. The number of anilines is 1. The number of hydrogen-bond acceptors (Lipinski definition) is 7. The number of fused-ring (bicyclic) bond motifs is 2. The van der Waals surface area contributed by atoms with Crippen molar-refractivity contribution in [3.63, 3.8) is 0 Å². The lowest BCUT2D eigenvalue weighted by Crippen LogP contribution is -2.38. The second-order valence-corrected chi connectivity index (χ2v) is 10.5. The third-order valence-electron chi connectivity index (χ3n) is 7.80. The van der Waals surface area contributed by atoms with Crippen LogP contribution in [0.25, 0.3) is 44.3 Å². The van der Waals surface area contributed by atoms with E-state index in [2.05, 4.69) is 102 Å². The van der Waals surface area contributed by atoms with Gasteiger partial charge in [0.05, 0.1) is 16.7 Å². The molecule has 1 saturated heterocycles. The number of pyridine rings is 1. The Morgan fingerprint density at radius 3 is 2.44 bits per heavy atom. The highest BCUT2D eigenvalue weighted by molar-refractivity contribution is 5.98. The van der Waals surface area contributed by atoms with Crippen molar-refractivity contribution in [1.82, 2.24) is 29.8 Å². The molecule has 1 fully saturated rings. The maximum atomic E-state index is 9.04. The van der Waals surface area contributed by atoms with Gasteiger partial charge in [0.15, 0.2) is 0 Å². The SMILES string of the molecule is N#Cc1nccc(NC2CCN(Cc3ccc(-c4cc5cc6ncnc6cc5[nH]c4-c4ccccc4)cc3)CC2)n1. The molecule has 0 atom stereocenters. The molecule has 41 heavy (non-hydrogen) atoms. The quantitative estimate of drug-likeness (QED) is 0.262. The zero-order chi connectivity index (χ0) is 27.6. The summed E-state index contributed by atoms with van der Waals surface area (Å²) < 4.78 is 0. The Kier molecular flexibility index (Phi) is 6.55. The lowest BCUT2D eigenvalue weighted by atomic mass is 9.96. The van der Waals surface area contributed by atoms with E-state index in [-0.39, 0.29) is 5.82 Å². The van der Waals surface area contributed by atoms with Gasteiger partial charge < -0.3 is 10.3 Å². The molecule has 6 aromatic rings. The van der Waals surface area contributed by atoms with Gasteiger partial charge in [0.25, 0.3) is 0 Å². The average molecular weight is 537 g/mol. The lowest BCUT2D eigenvalue weighted by molar-refractivity contribution is 0.211. The van der Waals surface area contributed by atoms with Crippen LogP contribution in [0.1, 0.15) is 24.2 Å². The second-order valence-electron chi connectivity index (χ2n) is 10.5. The number of nitrogens with zero attached hydrogens (tertiary/aromatic N) is 6. The molecule has 7 rings (SSSR count). The number of aromatic nitrogens is 5. The molecular weight excluding hydrogens is 508 g/mol. The van der Waals surface area contributed by atoms with Gasteiger partial charge in [-0.3, -0.25) is 4.90 Å². The molecule has 2 N–H and O–H groups in total. The van der Waals surface area contributed by atoms with Crippen molar-refractivity contribution in [3.8, 4) is 28.5 Å². The predicted octanol–water partition coefficient (Wildman–Crippen LogP) is 6.18. The summed E-state index contributed by atoms with van der Waals surface area (Å²) in [6.45, 7) is 2.93. The molecule has 3 aromatic carbocycles. The first-order valence-corrected chi connectivity index (χ1v) is 13.9. The van der Waals surface area contributed by atoms with Gasteiger partial charge in [-0.25, -0.2) is 19.9 Å². The zero-order valence-corrected chi connectivity index (χ0v) is 22.5. The van der Waals surface area contributed by atoms with Crippen LogP contribution in [0.15, 0.2) is 91.4 Å². The van der Waals surface area contributed by atoms with E-state index in [0.717, 1.165) is 77.1 Å². The molecule has 3 aromatic heterocycles. The lowest BCUT2D eigenvalue weighted by Gasteiger charge is -2.32. The van der Waals surface area contributed by atoms with Crippen molar-refractivity contribution in [2.24, 2.45) is 0 Å². The largest absolute Gasteiger partial charge is 0.367 e. The van der Waals surface area contributed by atoms with Gasteiger partial charge in [0, 0.05) is 48.3 Å². The number of rotatable bonds is 6. The fourth-order valence-corrected chi connectivity index (χ4v) is 5.66. The number of nitriles is 1. The van der Waals surface area contributed by atoms with Crippen molar-refractivity contribution < 1.29 is 0 Å². The fourth-order valence-electron chi connectivity index (χ4n) is 5.66. The fraction of sp³-hybridized carbons (Fsp3) is 0.182. The first-order valence-electron chi connectivity index (χ1n) is 13.9. The maximum absolute atomic E-state index is 9.04. The smallest absolute Gasteiger partial charge is 0.234 e. The molecule has 0 bridgehead atoms. The summed E-state index contributed by atoms with van der Waals surface area (Å²) in [7, 11) is 0. The van der Waals surface area contributed by atoms with E-state index in [0.29, 0.717) is 6.04 Å². The first kappa shape index (κ1) is 24.9. The van der Waals surface area contributed by atoms with Crippen LogP contribution in [0.5, 0.6) is 0 Å². The van der Waals surface area contributed by atoms with Gasteiger partial charge >= 0.3 is 0 Å². The third kappa shape index (κ3) is 5.23. The summed E-state index contributed by atoms with van der Waals surface area (Å²) in [6, 6.07) is 30.0. The molecule has 0 spiro atoms. The summed E-state index contributed by atoms with van der Waals surface area (Å²) >= 11 is 0. The Bertz CT molecular complexity index is 1860. The molecule has 8 nitrogen and oxygen atoms in total. The van der Waals surface area contributed by atoms with E-state index in [1.54, 1.807) is 12.5 Å². The van der Waals surface area contributed by atoms with E-state index < -0.39 is 0 Å². The van der Waals surface area contributed by atoms with E-state index in [4.69, 9.17) is 5.26 Å². The van der Waals surface area contributed by atoms with Crippen LogP contribution in [0.4, 0.5) is 5.82 Å². The monoisotopic (exact) mass is 536 g/mol. The molecule has 0 aliphatic carbocycles. The van der Waals surface area contributed by atoms with E-state index in [1.807, 2.05) is 18.2 Å². The van der Waals surface area contributed by atoms with Gasteiger partial charge in [0.1, 0.15) is 18.2 Å². The number of benzene rings is 3. The number of H-pyrrole nitrogens is 1. The van der Waals surface area contributed by atoms with Crippen LogP contribution < -0.4 is 5.32 Å². The zero-order valence-electron chi connectivity index (χ0n) is 22.5. The Labute approximate surface area is 237 Å². The third-order valence-corrected chi connectivity index (χ3v) is 7.80. The van der Waals surface area contributed by atoms with Crippen LogP contribution >= 0.6 is 0 Å². The standard InChI is InChI=1S/C33H28N8/c34-19-32-35-13-10-31(40-32)38-26-11-14-41(15-12-26)20-22-6-8-23(9-7-22)27-16-25-17-29-30(37-21-36-29)18-28(25)39-33(27)24-4-2-1-3-5-24/h1-10,13,16-18,21,26,39H,11-12,14-15,20H2,(H,35,38,40). The van der Waals surface area contributed by atoms with Crippen molar-refractivity contribution in [3.05, 3.63) is 103 Å². The van der Waals surface area contributed by atoms with Gasteiger partial charge in [-0.1, -0.05) is 54.6 Å². The summed E-state index contributed by atoms with van der Waals surface area (Å²) in [6.07, 6.45) is 5.29. The number of aromatic amines is 1. The number of hydrogen-bond donors (Lipinski definition) is 2. The molecule has 0 amide bonds. The molecule has 4 heterocycles. The Hall–Kier alpha value is -5.13. The Morgan fingerprint density at radius 2 is 1.66 bits per heavy atom. The van der Waals surface area contributed by atoms with E-state index in [1.165, 1.54) is 11.1 Å². The normalized spacial score (nSPS) is 14.3. The minimum Gasteiger partial charge on any atom is -0.367 e. The van der Waals surface area contributed by atoms with E-state index in [9.17, 15) is 0 Å². The molecule has 0 radical (unpaired) electrons. The van der Waals surface area contributed by atoms with Gasteiger partial charge in [-0.2, -0.15) is 5.26 Å². The van der Waals surface area contributed by atoms with Crippen LogP contribution in [0.2, 0.25) is 0 Å². The van der Waals surface area contributed by atoms with Crippen molar-refractivity contribution in [2.75, 3.05) is 18.4 Å². The summed E-state index contributed by atoms with van der Waals surface area (Å²) in [4.78, 5) is 23.2. The maximum Gasteiger partial charge on any atom is 0.234 e. The molecular formula is C33H28N8. The first-order chi connectivity index (χ1) is 20.2. The highest BCUT2D eigenvalue weighted by atomic mass is 15.1. The minimum absolute atomic E-state index is 0.196. The van der Waals surface area contributed by atoms with E-state index >= 15 is 0 Å². The van der Waals surface area contributed by atoms with Crippen molar-refractivity contribution in [2.45, 2.75) is 25.4 Å². The Morgan fingerprint density at radius 1 is 0.878 bits per heavy atom. The number of likely N-dealkylation sites (tertiary alicyclic amines) is 1. The Balaban J connectivity index is 1.09. The minimum atomic E-state index is 0.196. The molecule has 0 unspecified atom stereocenters. The number of nitrogens with one attached hydrogen (secondary N) is 2. The highest BCUT2D eigenvalue weighted by Crippen LogP contribution is 2.34. The van der Waals surface area contributed by atoms with Gasteiger partial charge in [-0.15, -0.1) is 0 Å². The van der Waals surface area contributed by atoms with Crippen molar-refractivity contribution in [1.29, 1.82) is 5.26 Å². The summed E-state index contributed by atoms with van der Waals surface area (Å²) in [5.74, 6) is 0.917. The molecule has 1 aliphatic rings.